The molecule has 20 heavy (non-hydrogen) atoms. The minimum atomic E-state index is 0.492. The molecule has 0 radical (unpaired) electrons. The fourth-order valence-electron chi connectivity index (χ4n) is 3.71. The Labute approximate surface area is 127 Å². The van der Waals surface area contributed by atoms with Crippen molar-refractivity contribution in [1.29, 1.82) is 0 Å². The molecule has 3 rings (SSSR count). The fraction of sp³-hybridized carbons (Fsp3) is 0.647. The van der Waals surface area contributed by atoms with E-state index in [2.05, 4.69) is 29.4 Å². The molecule has 0 bridgehead atoms. The van der Waals surface area contributed by atoms with Crippen molar-refractivity contribution in [3.63, 3.8) is 0 Å². The number of benzene rings is 1. The summed E-state index contributed by atoms with van der Waals surface area (Å²) in [7, 11) is 2.07. The summed E-state index contributed by atoms with van der Waals surface area (Å²) < 4.78 is 0. The van der Waals surface area contributed by atoms with Crippen molar-refractivity contribution in [2.75, 3.05) is 20.1 Å². The summed E-state index contributed by atoms with van der Waals surface area (Å²) in [6.07, 6.45) is 6.72. The smallest absolute Gasteiger partial charge is 0.0453 e. The second-order valence-corrected chi connectivity index (χ2v) is 6.66. The van der Waals surface area contributed by atoms with Gasteiger partial charge in [0.1, 0.15) is 0 Å². The largest absolute Gasteiger partial charge is 0.319 e. The molecule has 3 heteroatoms. The summed E-state index contributed by atoms with van der Waals surface area (Å²) in [6, 6.07) is 9.74. The van der Waals surface area contributed by atoms with Gasteiger partial charge in [-0.05, 0) is 63.4 Å². The number of nitrogens with one attached hydrogen (secondary N) is 1. The fourth-order valence-corrected chi connectivity index (χ4v) is 3.96. The maximum Gasteiger partial charge on any atom is 0.0453 e. The first-order valence-corrected chi connectivity index (χ1v) is 8.34. The highest BCUT2D eigenvalue weighted by atomic mass is 35.5. The molecule has 1 aliphatic heterocycles. The van der Waals surface area contributed by atoms with Crippen molar-refractivity contribution >= 4 is 11.6 Å². The zero-order valence-corrected chi connectivity index (χ0v) is 13.1. The van der Waals surface area contributed by atoms with Crippen LogP contribution in [0.1, 0.15) is 43.7 Å². The summed E-state index contributed by atoms with van der Waals surface area (Å²) >= 11 is 6.52. The molecule has 110 valence electrons. The van der Waals surface area contributed by atoms with Crippen molar-refractivity contribution in [2.24, 2.45) is 5.92 Å². The summed E-state index contributed by atoms with van der Waals surface area (Å²) in [5.74, 6) is 0.669. The third-order valence-electron chi connectivity index (χ3n) is 4.75. The Morgan fingerprint density at radius 3 is 2.70 bits per heavy atom. The zero-order valence-electron chi connectivity index (χ0n) is 12.3. The highest BCUT2D eigenvalue weighted by molar-refractivity contribution is 6.31. The van der Waals surface area contributed by atoms with Gasteiger partial charge in [-0.25, -0.2) is 0 Å². The molecular weight excluding hydrogens is 268 g/mol. The van der Waals surface area contributed by atoms with E-state index in [1.54, 1.807) is 0 Å². The van der Waals surface area contributed by atoms with Crippen LogP contribution < -0.4 is 5.32 Å². The number of rotatable bonds is 4. The van der Waals surface area contributed by atoms with Gasteiger partial charge < -0.3 is 5.32 Å². The lowest BCUT2D eigenvalue weighted by molar-refractivity contribution is 0.145. The monoisotopic (exact) mass is 292 g/mol. The molecule has 2 unspecified atom stereocenters. The van der Waals surface area contributed by atoms with E-state index >= 15 is 0 Å². The highest BCUT2D eigenvalue weighted by Gasteiger charge is 2.39. The van der Waals surface area contributed by atoms with Crippen LogP contribution in [0.3, 0.4) is 0 Å². The quantitative estimate of drug-likeness (QED) is 0.906. The van der Waals surface area contributed by atoms with Crippen LogP contribution in [0.4, 0.5) is 0 Å². The molecule has 2 nitrogen and oxygen atoms in total. The molecule has 0 spiro atoms. The summed E-state index contributed by atoms with van der Waals surface area (Å²) in [4.78, 5) is 2.75. The van der Waals surface area contributed by atoms with Gasteiger partial charge in [-0.15, -0.1) is 0 Å². The van der Waals surface area contributed by atoms with E-state index in [1.165, 1.54) is 44.2 Å². The van der Waals surface area contributed by atoms with E-state index in [0.29, 0.717) is 12.0 Å². The van der Waals surface area contributed by atoms with Crippen LogP contribution in [0, 0.1) is 5.92 Å². The Bertz CT molecular complexity index is 444. The minimum Gasteiger partial charge on any atom is -0.319 e. The van der Waals surface area contributed by atoms with Crippen molar-refractivity contribution in [2.45, 2.75) is 44.2 Å². The number of halogens is 1. The molecule has 1 aliphatic carbocycles. The molecule has 1 saturated heterocycles. The molecule has 1 N–H and O–H groups in total. The van der Waals surface area contributed by atoms with Crippen LogP contribution in [0.5, 0.6) is 0 Å². The van der Waals surface area contributed by atoms with E-state index in [0.717, 1.165) is 17.6 Å². The standard InChI is InChI=1S/C17H25ClN2/c1-19-12-13-6-4-5-11-20(14-9-10-14)17(13)15-7-2-3-8-16(15)18/h2-3,7-8,13-14,17,19H,4-6,9-12H2,1H3. The van der Waals surface area contributed by atoms with Crippen LogP contribution in [0.2, 0.25) is 5.02 Å². The first-order valence-electron chi connectivity index (χ1n) is 7.96. The topological polar surface area (TPSA) is 15.3 Å². The van der Waals surface area contributed by atoms with Crippen molar-refractivity contribution < 1.29 is 0 Å². The Balaban J connectivity index is 1.95. The Hall–Kier alpha value is -0.570. The SMILES string of the molecule is CNCC1CCCCN(C2CC2)C1c1ccccc1Cl. The lowest BCUT2D eigenvalue weighted by Gasteiger charge is -2.36. The van der Waals surface area contributed by atoms with Gasteiger partial charge in [-0.1, -0.05) is 36.2 Å². The maximum atomic E-state index is 6.52. The molecule has 0 aromatic heterocycles. The van der Waals surface area contributed by atoms with Gasteiger partial charge >= 0.3 is 0 Å². The molecule has 1 heterocycles. The van der Waals surface area contributed by atoms with E-state index in [9.17, 15) is 0 Å². The average molecular weight is 293 g/mol. The van der Waals surface area contributed by atoms with Gasteiger partial charge in [-0.3, -0.25) is 4.90 Å². The molecule has 2 atom stereocenters. The normalized spacial score (nSPS) is 28.3. The Kier molecular flexibility index (Phi) is 4.65. The summed E-state index contributed by atoms with van der Waals surface area (Å²) in [5.41, 5.74) is 1.34. The van der Waals surface area contributed by atoms with Crippen LogP contribution in [0.25, 0.3) is 0 Å². The van der Waals surface area contributed by atoms with E-state index in [-0.39, 0.29) is 0 Å². The Morgan fingerprint density at radius 1 is 1.20 bits per heavy atom. The van der Waals surface area contributed by atoms with Gasteiger partial charge in [0.25, 0.3) is 0 Å². The van der Waals surface area contributed by atoms with Gasteiger partial charge in [0.2, 0.25) is 0 Å². The van der Waals surface area contributed by atoms with E-state index in [1.807, 2.05) is 12.1 Å². The van der Waals surface area contributed by atoms with Crippen molar-refractivity contribution in [1.82, 2.24) is 10.2 Å². The van der Waals surface area contributed by atoms with E-state index < -0.39 is 0 Å². The Morgan fingerprint density at radius 2 is 2.00 bits per heavy atom. The molecular formula is C17H25ClN2. The molecule has 1 aromatic rings. The minimum absolute atomic E-state index is 0.492. The molecule has 0 amide bonds. The number of hydrogen-bond acceptors (Lipinski definition) is 2. The first-order chi connectivity index (χ1) is 9.81. The van der Waals surface area contributed by atoms with Crippen molar-refractivity contribution in [3.05, 3.63) is 34.9 Å². The number of likely N-dealkylation sites (tertiary alicyclic amines) is 1. The van der Waals surface area contributed by atoms with Gasteiger partial charge in [0, 0.05) is 17.1 Å². The summed E-state index contributed by atoms with van der Waals surface area (Å²) in [5, 5.41) is 4.33. The zero-order chi connectivity index (χ0) is 13.9. The molecule has 2 fully saturated rings. The summed E-state index contributed by atoms with van der Waals surface area (Å²) in [6.45, 7) is 2.32. The number of nitrogens with zero attached hydrogens (tertiary/aromatic N) is 1. The van der Waals surface area contributed by atoms with Gasteiger partial charge in [0.05, 0.1) is 0 Å². The predicted octanol–water partition coefficient (Wildman–Crippen LogP) is 3.87. The van der Waals surface area contributed by atoms with E-state index in [4.69, 9.17) is 11.6 Å². The molecule has 1 saturated carbocycles. The average Bonchev–Trinajstić information content (AvgIpc) is 3.26. The van der Waals surface area contributed by atoms with Gasteiger partial charge in [-0.2, -0.15) is 0 Å². The lowest BCUT2D eigenvalue weighted by Crippen LogP contribution is -2.38. The molecule has 2 aliphatic rings. The first kappa shape index (κ1) is 14.4. The third-order valence-corrected chi connectivity index (χ3v) is 5.10. The second kappa shape index (κ2) is 6.46. The predicted molar refractivity (Wildman–Crippen MR) is 85.2 cm³/mol. The highest BCUT2D eigenvalue weighted by Crippen LogP contribution is 2.43. The second-order valence-electron chi connectivity index (χ2n) is 6.25. The lowest BCUT2D eigenvalue weighted by atomic mass is 9.89. The molecule has 1 aromatic carbocycles. The van der Waals surface area contributed by atoms with Gasteiger partial charge in [0.15, 0.2) is 0 Å². The van der Waals surface area contributed by atoms with Crippen LogP contribution in [-0.2, 0) is 0 Å². The van der Waals surface area contributed by atoms with Crippen LogP contribution in [0.15, 0.2) is 24.3 Å². The number of hydrogen-bond donors (Lipinski definition) is 1. The van der Waals surface area contributed by atoms with Crippen LogP contribution >= 0.6 is 11.6 Å². The maximum absolute atomic E-state index is 6.52. The third kappa shape index (κ3) is 3.03. The van der Waals surface area contributed by atoms with Crippen molar-refractivity contribution in [3.8, 4) is 0 Å². The van der Waals surface area contributed by atoms with Crippen LogP contribution in [-0.4, -0.2) is 31.1 Å².